The first-order valence-electron chi connectivity index (χ1n) is 10.4. The van der Waals surface area contributed by atoms with Gasteiger partial charge in [0, 0.05) is 30.0 Å². The molecule has 0 aliphatic carbocycles. The molecule has 186 valence electrons. The largest absolute Gasteiger partial charge is 0.490 e. The number of carboxylic acids is 1. The fraction of sp³-hybridized carbons (Fsp3) is 0.318. The number of nitrogens with zero attached hydrogens (tertiary/aromatic N) is 4. The van der Waals surface area contributed by atoms with Crippen LogP contribution in [0.1, 0.15) is 32.5 Å². The fourth-order valence-corrected chi connectivity index (χ4v) is 4.10. The van der Waals surface area contributed by atoms with E-state index in [0.29, 0.717) is 25.2 Å². The number of fused-ring (bicyclic) bond motifs is 1. The van der Waals surface area contributed by atoms with Crippen molar-refractivity contribution in [1.29, 1.82) is 0 Å². The van der Waals surface area contributed by atoms with E-state index in [-0.39, 0.29) is 11.8 Å². The minimum absolute atomic E-state index is 0.101. The van der Waals surface area contributed by atoms with Crippen LogP contribution < -0.4 is 5.32 Å². The number of nitrogens with one attached hydrogen (secondary N) is 1. The van der Waals surface area contributed by atoms with Crippen LogP contribution in [0.15, 0.2) is 48.5 Å². The number of pyridine rings is 1. The second-order valence-corrected chi connectivity index (χ2v) is 8.70. The Morgan fingerprint density at radius 2 is 1.97 bits per heavy atom. The van der Waals surface area contributed by atoms with Crippen LogP contribution in [0, 0.1) is 6.92 Å². The van der Waals surface area contributed by atoms with E-state index in [0.717, 1.165) is 17.7 Å². The summed E-state index contributed by atoms with van der Waals surface area (Å²) in [5.74, 6) is -2.98. The molecule has 1 unspecified atom stereocenters. The van der Waals surface area contributed by atoms with E-state index in [9.17, 15) is 22.8 Å². The molecule has 0 spiro atoms. The molecule has 4 heterocycles. The summed E-state index contributed by atoms with van der Waals surface area (Å²) in [7, 11) is 0. The summed E-state index contributed by atoms with van der Waals surface area (Å²) in [6.07, 6.45) is 2.36. The van der Waals surface area contributed by atoms with Gasteiger partial charge in [0.05, 0.1) is 30.7 Å². The number of carbonyl (C=O) groups is 3. The molecule has 0 aromatic carbocycles. The van der Waals surface area contributed by atoms with E-state index >= 15 is 0 Å². The lowest BCUT2D eigenvalue weighted by atomic mass is 10.1. The van der Waals surface area contributed by atoms with E-state index in [4.69, 9.17) is 9.90 Å². The number of hydrogen-bond donors (Lipinski definition) is 2. The Kier molecular flexibility index (Phi) is 8.22. The maximum absolute atomic E-state index is 12.9. The molecule has 3 aromatic heterocycles. The van der Waals surface area contributed by atoms with E-state index in [2.05, 4.69) is 21.4 Å². The third-order valence-electron chi connectivity index (χ3n) is 5.03. The minimum Gasteiger partial charge on any atom is -0.475 e. The van der Waals surface area contributed by atoms with Gasteiger partial charge in [0.25, 0.3) is 5.91 Å². The van der Waals surface area contributed by atoms with Crippen LogP contribution in [0.5, 0.6) is 0 Å². The van der Waals surface area contributed by atoms with Gasteiger partial charge in [-0.3, -0.25) is 14.6 Å². The fourth-order valence-electron chi connectivity index (χ4n) is 3.39. The highest BCUT2D eigenvalue weighted by atomic mass is 32.1. The molecular weight excluding hydrogens is 487 g/mol. The lowest BCUT2D eigenvalue weighted by molar-refractivity contribution is -0.192. The van der Waals surface area contributed by atoms with Crippen LogP contribution in [-0.2, 0) is 22.6 Å². The Balaban J connectivity index is 0.000000429. The lowest BCUT2D eigenvalue weighted by Gasteiger charge is -2.33. The molecule has 1 atom stereocenters. The third-order valence-corrected chi connectivity index (χ3v) is 5.97. The predicted octanol–water partition coefficient (Wildman–Crippen LogP) is 2.84. The number of rotatable bonds is 5. The quantitative estimate of drug-likeness (QED) is 0.546. The minimum atomic E-state index is -5.08. The zero-order valence-electron chi connectivity index (χ0n) is 18.5. The maximum Gasteiger partial charge on any atom is 0.490 e. The summed E-state index contributed by atoms with van der Waals surface area (Å²) in [6, 6.07) is 5.39. The highest BCUT2D eigenvalue weighted by Crippen LogP contribution is 2.23. The van der Waals surface area contributed by atoms with E-state index in [1.54, 1.807) is 41.2 Å². The molecular formula is C22H22F3N5O4S. The molecule has 0 bridgehead atoms. The molecule has 2 N–H and O–H groups in total. The summed E-state index contributed by atoms with van der Waals surface area (Å²) >= 11 is 1.68. The van der Waals surface area contributed by atoms with Crippen LogP contribution in [0.4, 0.5) is 13.2 Å². The summed E-state index contributed by atoms with van der Waals surface area (Å²) in [5, 5.41) is 12.2. The average Bonchev–Trinajstić information content (AvgIpc) is 3.49. The molecule has 4 rings (SSSR count). The number of imidazole rings is 1. The van der Waals surface area contributed by atoms with Crippen molar-refractivity contribution < 1.29 is 32.7 Å². The SMILES string of the molecule is Cc1cncc(C(=O)N2Cc3cncn3C(C(=O)NCCc3cccs3)C2)c1.O=C(O)C(F)(F)F. The first-order valence-corrected chi connectivity index (χ1v) is 11.3. The van der Waals surface area contributed by atoms with Crippen molar-refractivity contribution in [2.24, 2.45) is 0 Å². The Hall–Kier alpha value is -3.74. The first-order chi connectivity index (χ1) is 16.6. The zero-order valence-corrected chi connectivity index (χ0v) is 19.3. The number of hydrogen-bond acceptors (Lipinski definition) is 6. The molecule has 0 saturated carbocycles. The van der Waals surface area contributed by atoms with Crippen molar-refractivity contribution >= 4 is 29.1 Å². The summed E-state index contributed by atoms with van der Waals surface area (Å²) in [4.78, 5) is 45.9. The van der Waals surface area contributed by atoms with Gasteiger partial charge in [-0.2, -0.15) is 13.2 Å². The van der Waals surface area contributed by atoms with Crippen molar-refractivity contribution in [2.75, 3.05) is 13.1 Å². The second-order valence-electron chi connectivity index (χ2n) is 7.67. The third kappa shape index (κ3) is 6.88. The van der Waals surface area contributed by atoms with Gasteiger partial charge in [-0.1, -0.05) is 6.07 Å². The van der Waals surface area contributed by atoms with Crippen molar-refractivity contribution in [3.05, 3.63) is 70.2 Å². The first kappa shape index (κ1) is 25.9. The predicted molar refractivity (Wildman–Crippen MR) is 120 cm³/mol. The summed E-state index contributed by atoms with van der Waals surface area (Å²) in [5.41, 5.74) is 2.30. The monoisotopic (exact) mass is 509 g/mol. The molecule has 13 heteroatoms. The average molecular weight is 510 g/mol. The van der Waals surface area contributed by atoms with E-state index < -0.39 is 18.2 Å². The molecule has 0 radical (unpaired) electrons. The number of thiophene rings is 1. The van der Waals surface area contributed by atoms with Gasteiger partial charge in [-0.25, -0.2) is 9.78 Å². The molecule has 2 amide bonds. The topological polar surface area (TPSA) is 117 Å². The normalized spacial score (nSPS) is 15.0. The van der Waals surface area contributed by atoms with Crippen LogP contribution in [0.25, 0.3) is 0 Å². The van der Waals surface area contributed by atoms with Gasteiger partial charge in [-0.05, 0) is 36.4 Å². The second kappa shape index (κ2) is 11.1. The number of amides is 2. The number of aliphatic carboxylic acids is 1. The van der Waals surface area contributed by atoms with Crippen molar-refractivity contribution in [1.82, 2.24) is 24.8 Å². The van der Waals surface area contributed by atoms with Crippen LogP contribution in [-0.4, -0.2) is 61.6 Å². The van der Waals surface area contributed by atoms with Gasteiger partial charge in [0.15, 0.2) is 0 Å². The molecule has 1 aliphatic heterocycles. The molecule has 0 saturated heterocycles. The Morgan fingerprint density at radius 1 is 1.23 bits per heavy atom. The smallest absolute Gasteiger partial charge is 0.475 e. The van der Waals surface area contributed by atoms with Crippen molar-refractivity contribution in [3.63, 3.8) is 0 Å². The van der Waals surface area contributed by atoms with Gasteiger partial charge in [0.1, 0.15) is 6.04 Å². The van der Waals surface area contributed by atoms with Gasteiger partial charge >= 0.3 is 12.1 Å². The highest BCUT2D eigenvalue weighted by Gasteiger charge is 2.38. The summed E-state index contributed by atoms with van der Waals surface area (Å²) < 4.78 is 33.6. The number of aryl methyl sites for hydroxylation is 1. The van der Waals surface area contributed by atoms with Crippen LogP contribution in [0.2, 0.25) is 0 Å². The molecule has 9 nitrogen and oxygen atoms in total. The van der Waals surface area contributed by atoms with Crippen LogP contribution >= 0.6 is 11.3 Å². The van der Waals surface area contributed by atoms with Crippen molar-refractivity contribution in [3.8, 4) is 0 Å². The highest BCUT2D eigenvalue weighted by molar-refractivity contribution is 7.09. The standard InChI is InChI=1S/C20H21N5O2S.C2HF3O2/c1-14-7-15(9-21-8-14)20(27)24-11-16-10-22-13-25(16)18(12-24)19(26)23-5-4-17-3-2-6-28-17;3-2(4,5)1(6)7/h2-3,6-10,13,18H,4-5,11-12H2,1H3,(H,23,26);(H,6,7). The zero-order chi connectivity index (χ0) is 25.6. The molecule has 0 fully saturated rings. The number of alkyl halides is 3. The number of halogens is 3. The van der Waals surface area contributed by atoms with Crippen LogP contribution in [0.3, 0.4) is 0 Å². The molecule has 3 aromatic rings. The van der Waals surface area contributed by atoms with E-state index in [1.807, 2.05) is 29.0 Å². The Labute approximate surface area is 202 Å². The summed E-state index contributed by atoms with van der Waals surface area (Å²) in [6.45, 7) is 3.20. The number of carboxylic acid groups (broad SMARTS) is 1. The van der Waals surface area contributed by atoms with Gasteiger partial charge in [0.2, 0.25) is 5.91 Å². The maximum atomic E-state index is 12.9. The van der Waals surface area contributed by atoms with Gasteiger partial charge in [-0.15, -0.1) is 11.3 Å². The Morgan fingerprint density at radius 3 is 2.60 bits per heavy atom. The number of carbonyl (C=O) groups excluding carboxylic acids is 2. The lowest BCUT2D eigenvalue weighted by Crippen LogP contribution is -2.46. The molecule has 1 aliphatic rings. The van der Waals surface area contributed by atoms with E-state index in [1.165, 1.54) is 4.88 Å². The Bertz CT molecular complexity index is 1180. The number of aromatic nitrogens is 3. The van der Waals surface area contributed by atoms with Gasteiger partial charge < -0.3 is 19.9 Å². The van der Waals surface area contributed by atoms with Crippen molar-refractivity contribution in [2.45, 2.75) is 32.1 Å². The molecule has 35 heavy (non-hydrogen) atoms.